The van der Waals surface area contributed by atoms with Crippen molar-refractivity contribution >= 4 is 31.5 Å². The Morgan fingerprint density at radius 2 is 0.864 bits per heavy atom. The van der Waals surface area contributed by atoms with Crippen LogP contribution < -0.4 is 0 Å². The maximum atomic E-state index is 5.59. The van der Waals surface area contributed by atoms with Gasteiger partial charge in [-0.1, -0.05) is 190 Å². The van der Waals surface area contributed by atoms with Crippen LogP contribution in [0.25, 0.3) is 76.6 Å². The molecule has 0 aliphatic heterocycles. The quantitative estimate of drug-likeness (QED) is 0.175. The smallest absolute Gasteiger partial charge is 0.165 e. The third-order valence-corrected chi connectivity index (χ3v) is 14.1. The fourth-order valence-electron chi connectivity index (χ4n) is 10.3. The fourth-order valence-corrected chi connectivity index (χ4v) is 11.5. The second kappa shape index (κ2) is 12.7. The topological polar surface area (TPSA) is 38.7 Å². The molecule has 10 aromatic rings. The van der Waals surface area contributed by atoms with Gasteiger partial charge in [-0.2, -0.15) is 0 Å². The second-order valence-electron chi connectivity index (χ2n) is 16.2. The normalized spacial score (nSPS) is 14.2. The first-order chi connectivity index (χ1) is 29.0. The van der Waals surface area contributed by atoms with Gasteiger partial charge in [-0.15, -0.1) is 11.3 Å². The van der Waals surface area contributed by atoms with E-state index in [4.69, 9.17) is 15.0 Å². The summed E-state index contributed by atoms with van der Waals surface area (Å²) < 4.78 is 2.42. The third-order valence-electron chi connectivity index (χ3n) is 12.8. The molecule has 0 fully saturated rings. The number of aromatic nitrogens is 3. The first kappa shape index (κ1) is 34.1. The molecular formula is C55H37N3S. The highest BCUT2D eigenvalue weighted by molar-refractivity contribution is 7.26. The number of hydrogen-bond donors (Lipinski definition) is 0. The highest BCUT2D eigenvalue weighted by Gasteiger charge is 2.48. The molecule has 0 N–H and O–H groups in total. The zero-order chi connectivity index (χ0) is 39.3. The Morgan fingerprint density at radius 1 is 0.373 bits per heavy atom. The van der Waals surface area contributed by atoms with Crippen LogP contribution in [-0.2, 0) is 10.8 Å². The molecular weight excluding hydrogens is 735 g/mol. The Hall–Kier alpha value is -7.01. The fraction of sp³-hybridized carbons (Fsp3) is 0.0727. The van der Waals surface area contributed by atoms with Crippen molar-refractivity contribution in [3.8, 4) is 56.4 Å². The molecule has 12 rings (SSSR count). The van der Waals surface area contributed by atoms with Crippen LogP contribution in [-0.4, -0.2) is 15.0 Å². The van der Waals surface area contributed by atoms with Crippen LogP contribution in [0.1, 0.15) is 47.2 Å². The van der Waals surface area contributed by atoms with E-state index in [0.717, 1.165) is 16.7 Å². The van der Waals surface area contributed by atoms with Crippen LogP contribution in [0.5, 0.6) is 0 Å². The van der Waals surface area contributed by atoms with E-state index >= 15 is 0 Å². The summed E-state index contributed by atoms with van der Waals surface area (Å²) in [5.74, 6) is 2.00. The van der Waals surface area contributed by atoms with Gasteiger partial charge in [0.15, 0.2) is 17.5 Å². The molecule has 2 aliphatic rings. The van der Waals surface area contributed by atoms with Gasteiger partial charge in [-0.3, -0.25) is 0 Å². The van der Waals surface area contributed by atoms with Gasteiger partial charge in [0, 0.05) is 42.3 Å². The van der Waals surface area contributed by atoms with Crippen molar-refractivity contribution in [2.45, 2.75) is 24.7 Å². The summed E-state index contributed by atoms with van der Waals surface area (Å²) in [6.45, 7) is 4.65. The largest absolute Gasteiger partial charge is 0.208 e. The van der Waals surface area contributed by atoms with Gasteiger partial charge >= 0.3 is 0 Å². The van der Waals surface area contributed by atoms with Gasteiger partial charge in [0.2, 0.25) is 0 Å². The lowest BCUT2D eigenvalue weighted by atomic mass is 9.66. The first-order valence-corrected chi connectivity index (χ1v) is 21.1. The number of rotatable bonds is 5. The summed E-state index contributed by atoms with van der Waals surface area (Å²) in [7, 11) is 0. The average molecular weight is 772 g/mol. The molecule has 0 bridgehead atoms. The van der Waals surface area contributed by atoms with Crippen molar-refractivity contribution in [2.24, 2.45) is 0 Å². The van der Waals surface area contributed by atoms with Crippen molar-refractivity contribution in [1.82, 2.24) is 15.0 Å². The minimum atomic E-state index is -0.625. The van der Waals surface area contributed by atoms with E-state index in [2.05, 4.69) is 202 Å². The molecule has 0 atom stereocenters. The van der Waals surface area contributed by atoms with E-state index in [1.807, 2.05) is 0 Å². The number of thiophene rings is 1. The van der Waals surface area contributed by atoms with Crippen LogP contribution in [0.2, 0.25) is 0 Å². The number of hydrogen-bond acceptors (Lipinski definition) is 4. The van der Waals surface area contributed by atoms with Gasteiger partial charge in [0.05, 0.1) is 5.41 Å². The van der Waals surface area contributed by atoms with Gasteiger partial charge < -0.3 is 0 Å². The molecule has 0 radical (unpaired) electrons. The Bertz CT molecular complexity index is 3270. The van der Waals surface area contributed by atoms with Crippen molar-refractivity contribution in [2.75, 3.05) is 0 Å². The standard InChI is InChI=1S/C55H37N3S/c1-54(2)44-30-12-10-24-40(44)48-41(27-17-32-46(48)54)51-56-52(58-53(57-51)43-29-16-26-39-37-23-11-14-33-47(37)59-50(39)43)42-28-15-25-38-36-22-9-13-31-45(36)55(49(38)42,34-18-5-3-6-19-34)35-20-7-4-8-21-35/h3-33H,1-2H3. The molecule has 2 aliphatic carbocycles. The molecule has 0 unspecified atom stereocenters. The highest BCUT2D eigenvalue weighted by Crippen LogP contribution is 2.59. The Morgan fingerprint density at radius 3 is 1.63 bits per heavy atom. The number of nitrogens with zero attached hydrogens (tertiary/aromatic N) is 3. The van der Waals surface area contributed by atoms with Gasteiger partial charge in [0.1, 0.15) is 0 Å². The van der Waals surface area contributed by atoms with Crippen molar-refractivity contribution < 1.29 is 0 Å². The average Bonchev–Trinajstić information content (AvgIpc) is 3.91. The molecule has 0 saturated heterocycles. The Balaban J connectivity index is 1.20. The highest BCUT2D eigenvalue weighted by atomic mass is 32.1. The maximum Gasteiger partial charge on any atom is 0.165 e. The van der Waals surface area contributed by atoms with Crippen LogP contribution >= 0.6 is 11.3 Å². The first-order valence-electron chi connectivity index (χ1n) is 20.3. The van der Waals surface area contributed by atoms with E-state index in [0.29, 0.717) is 17.5 Å². The summed E-state index contributed by atoms with van der Waals surface area (Å²) in [4.78, 5) is 16.6. The maximum absolute atomic E-state index is 5.59. The minimum absolute atomic E-state index is 0.166. The Kier molecular flexibility index (Phi) is 7.36. The van der Waals surface area contributed by atoms with E-state index < -0.39 is 5.41 Å². The minimum Gasteiger partial charge on any atom is -0.208 e. The van der Waals surface area contributed by atoms with E-state index in [9.17, 15) is 0 Å². The lowest BCUT2D eigenvalue weighted by Gasteiger charge is -2.35. The second-order valence-corrected chi connectivity index (χ2v) is 17.3. The predicted molar refractivity (Wildman–Crippen MR) is 244 cm³/mol. The van der Waals surface area contributed by atoms with E-state index in [1.54, 1.807) is 11.3 Å². The van der Waals surface area contributed by atoms with Crippen LogP contribution in [0.3, 0.4) is 0 Å². The molecule has 8 aromatic carbocycles. The monoisotopic (exact) mass is 771 g/mol. The lowest BCUT2D eigenvalue weighted by molar-refractivity contribution is 0.660. The molecule has 2 heterocycles. The van der Waals surface area contributed by atoms with Crippen LogP contribution in [0.15, 0.2) is 188 Å². The Labute approximate surface area is 347 Å². The summed E-state index contributed by atoms with van der Waals surface area (Å²) in [6.07, 6.45) is 0. The lowest BCUT2D eigenvalue weighted by Crippen LogP contribution is -2.29. The zero-order valence-electron chi connectivity index (χ0n) is 32.6. The van der Waals surface area contributed by atoms with Crippen LogP contribution in [0, 0.1) is 0 Å². The SMILES string of the molecule is CC1(C)c2ccccc2-c2c(-c3nc(-c4cccc5c4C(c4ccccc4)(c4ccccc4)c4ccccc4-5)nc(-c4cccc5c4sc4ccccc45)n3)cccc21. The molecule has 0 spiro atoms. The zero-order valence-corrected chi connectivity index (χ0v) is 33.5. The van der Waals surface area contributed by atoms with E-state index in [1.165, 1.54) is 75.8 Å². The van der Waals surface area contributed by atoms with Gasteiger partial charge in [-0.05, 0) is 67.8 Å². The van der Waals surface area contributed by atoms with Gasteiger partial charge in [-0.25, -0.2) is 15.0 Å². The van der Waals surface area contributed by atoms with Gasteiger partial charge in [0.25, 0.3) is 0 Å². The molecule has 4 heteroatoms. The van der Waals surface area contributed by atoms with Crippen LogP contribution in [0.4, 0.5) is 0 Å². The molecule has 0 amide bonds. The summed E-state index contributed by atoms with van der Waals surface area (Å²) in [5, 5.41) is 2.46. The summed E-state index contributed by atoms with van der Waals surface area (Å²) in [5.41, 5.74) is 14.5. The number of benzene rings is 8. The number of fused-ring (bicyclic) bond motifs is 9. The summed E-state index contributed by atoms with van der Waals surface area (Å²) >= 11 is 1.80. The third kappa shape index (κ3) is 4.78. The molecule has 0 saturated carbocycles. The molecule has 2 aromatic heterocycles. The molecule has 59 heavy (non-hydrogen) atoms. The van der Waals surface area contributed by atoms with E-state index in [-0.39, 0.29) is 5.41 Å². The molecule has 278 valence electrons. The van der Waals surface area contributed by atoms with Crippen molar-refractivity contribution in [3.05, 3.63) is 221 Å². The molecule has 3 nitrogen and oxygen atoms in total. The van der Waals surface area contributed by atoms with Crippen molar-refractivity contribution in [1.29, 1.82) is 0 Å². The predicted octanol–water partition coefficient (Wildman–Crippen LogP) is 13.9. The van der Waals surface area contributed by atoms with Crippen molar-refractivity contribution in [3.63, 3.8) is 0 Å². The summed E-state index contributed by atoms with van der Waals surface area (Å²) in [6, 6.07) is 68.1.